The Balaban J connectivity index is 0.000000222. The van der Waals surface area contributed by atoms with E-state index in [-0.39, 0.29) is 11.4 Å². The van der Waals surface area contributed by atoms with Crippen molar-refractivity contribution in [2.75, 3.05) is 26.2 Å². The molecule has 37 heavy (non-hydrogen) atoms. The van der Waals surface area contributed by atoms with Gasteiger partial charge in [-0.05, 0) is 43.0 Å². The molecule has 1 aromatic heterocycles. The maximum absolute atomic E-state index is 11.1. The molecule has 2 aliphatic rings. The third-order valence-corrected chi connectivity index (χ3v) is 7.46. The molecule has 0 atom stereocenters. The summed E-state index contributed by atoms with van der Waals surface area (Å²) in [5, 5.41) is 24.2. The Bertz CT molecular complexity index is 1190. The number of aryl methyl sites for hydroxylation is 3. The summed E-state index contributed by atoms with van der Waals surface area (Å²) in [5.74, 6) is 0.00840. The highest BCUT2D eigenvalue weighted by molar-refractivity contribution is 5.97. The Morgan fingerprint density at radius 1 is 1.05 bits per heavy atom. The van der Waals surface area contributed by atoms with Crippen LogP contribution in [-0.4, -0.2) is 68.8 Å². The first kappa shape index (κ1) is 26.6. The second-order valence-corrected chi connectivity index (χ2v) is 9.86. The number of amidine groups is 1. The first-order valence-electron chi connectivity index (χ1n) is 13.2. The van der Waals surface area contributed by atoms with Gasteiger partial charge in [-0.3, -0.25) is 4.90 Å². The van der Waals surface area contributed by atoms with Crippen molar-refractivity contribution in [3.8, 4) is 0 Å². The summed E-state index contributed by atoms with van der Waals surface area (Å²) in [4.78, 5) is 18.3. The molecular formula is C28H38N6O3. The first-order chi connectivity index (χ1) is 18.0. The molecule has 1 saturated carbocycles. The van der Waals surface area contributed by atoms with E-state index in [2.05, 4.69) is 20.4 Å². The van der Waals surface area contributed by atoms with Crippen molar-refractivity contribution >= 4 is 22.8 Å². The van der Waals surface area contributed by atoms with Crippen LogP contribution in [0.2, 0.25) is 0 Å². The summed E-state index contributed by atoms with van der Waals surface area (Å²) in [5.41, 5.74) is 9.13. The lowest BCUT2D eigenvalue weighted by atomic mass is 9.94. The van der Waals surface area contributed by atoms with Crippen LogP contribution < -0.4 is 11.1 Å². The number of nitrogens with zero attached hydrogens (tertiary/aromatic N) is 4. The quantitative estimate of drug-likeness (QED) is 0.175. The number of carboxylic acids is 1. The van der Waals surface area contributed by atoms with Gasteiger partial charge in [-0.1, -0.05) is 48.7 Å². The van der Waals surface area contributed by atoms with Gasteiger partial charge in [-0.2, -0.15) is 0 Å². The lowest BCUT2D eigenvalue weighted by Crippen LogP contribution is -2.48. The summed E-state index contributed by atoms with van der Waals surface area (Å²) in [6.45, 7) is 4.97. The third-order valence-electron chi connectivity index (χ3n) is 7.46. The molecule has 0 unspecified atom stereocenters. The van der Waals surface area contributed by atoms with Gasteiger partial charge in [0.2, 0.25) is 0 Å². The molecule has 1 aliphatic heterocycles. The highest BCUT2D eigenvalue weighted by Gasteiger charge is 2.21. The number of nitrogens with two attached hydrogens (primary N) is 1. The van der Waals surface area contributed by atoms with Crippen LogP contribution in [0.3, 0.4) is 0 Å². The lowest BCUT2D eigenvalue weighted by molar-refractivity contribution is 0.0697. The Kier molecular flexibility index (Phi) is 9.14. The van der Waals surface area contributed by atoms with Crippen molar-refractivity contribution in [1.29, 1.82) is 0 Å². The van der Waals surface area contributed by atoms with Crippen molar-refractivity contribution in [3.63, 3.8) is 0 Å². The van der Waals surface area contributed by atoms with Crippen LogP contribution in [-0.2, 0) is 19.9 Å². The van der Waals surface area contributed by atoms with E-state index in [1.54, 1.807) is 30.3 Å². The molecule has 198 valence electrons. The van der Waals surface area contributed by atoms with Gasteiger partial charge in [0, 0.05) is 51.3 Å². The van der Waals surface area contributed by atoms with E-state index < -0.39 is 5.97 Å². The van der Waals surface area contributed by atoms with Crippen molar-refractivity contribution in [2.45, 2.75) is 51.0 Å². The summed E-state index contributed by atoms with van der Waals surface area (Å²) in [7, 11) is 1.92. The van der Waals surface area contributed by atoms with Crippen LogP contribution in [0, 0.1) is 0 Å². The van der Waals surface area contributed by atoms with E-state index >= 15 is 0 Å². The van der Waals surface area contributed by atoms with Gasteiger partial charge >= 0.3 is 5.97 Å². The van der Waals surface area contributed by atoms with Gasteiger partial charge in [0.15, 0.2) is 5.84 Å². The standard InChI is InChI=1S/C18H18N4O3.C10H20N2/c1-22-15-8-7-13(18(23)24)10-14(15)20-16(22)9-4-11-2-5-12(6-3-11)17(19)21-25;1-2-4-10(5-3-1)12-8-6-11-7-9-12/h2-3,5-8,10,25H,4,9H2,1H3,(H2,19,21)(H,23,24);10-11H,1-9H2. The Labute approximate surface area is 218 Å². The summed E-state index contributed by atoms with van der Waals surface area (Å²) < 4.78 is 1.98. The molecule has 1 saturated heterocycles. The molecule has 0 radical (unpaired) electrons. The molecule has 9 nitrogen and oxygen atoms in total. The van der Waals surface area contributed by atoms with Gasteiger partial charge < -0.3 is 25.9 Å². The largest absolute Gasteiger partial charge is 0.478 e. The maximum atomic E-state index is 11.1. The van der Waals surface area contributed by atoms with Crippen LogP contribution >= 0.6 is 0 Å². The Morgan fingerprint density at radius 2 is 1.73 bits per heavy atom. The number of aromatic carboxylic acids is 1. The minimum Gasteiger partial charge on any atom is -0.478 e. The molecule has 2 aromatic carbocycles. The molecule has 9 heteroatoms. The number of benzene rings is 2. The molecule has 2 heterocycles. The summed E-state index contributed by atoms with van der Waals surface area (Å²) in [6.07, 6.45) is 8.82. The zero-order valence-electron chi connectivity index (χ0n) is 21.6. The number of hydrogen-bond donors (Lipinski definition) is 4. The van der Waals surface area contributed by atoms with Crippen LogP contribution in [0.25, 0.3) is 11.0 Å². The lowest BCUT2D eigenvalue weighted by Gasteiger charge is -2.36. The predicted molar refractivity (Wildman–Crippen MR) is 145 cm³/mol. The van der Waals surface area contributed by atoms with Crippen LogP contribution in [0.4, 0.5) is 0 Å². The van der Waals surface area contributed by atoms with Crippen molar-refractivity contribution < 1.29 is 15.1 Å². The molecule has 0 amide bonds. The summed E-state index contributed by atoms with van der Waals surface area (Å²) >= 11 is 0. The van der Waals surface area contributed by atoms with Crippen molar-refractivity contribution in [3.05, 3.63) is 65.0 Å². The van der Waals surface area contributed by atoms with E-state index in [1.807, 2.05) is 23.7 Å². The number of hydrogen-bond acceptors (Lipinski definition) is 6. The zero-order valence-corrected chi connectivity index (χ0v) is 21.6. The van der Waals surface area contributed by atoms with Crippen molar-refractivity contribution in [2.24, 2.45) is 17.9 Å². The number of piperazine rings is 1. The minimum atomic E-state index is -0.958. The molecule has 3 aromatic rings. The second-order valence-electron chi connectivity index (χ2n) is 9.86. The fourth-order valence-corrected chi connectivity index (χ4v) is 5.26. The first-order valence-corrected chi connectivity index (χ1v) is 13.2. The molecule has 5 N–H and O–H groups in total. The van der Waals surface area contributed by atoms with Gasteiger partial charge in [0.1, 0.15) is 5.82 Å². The highest BCUT2D eigenvalue weighted by atomic mass is 16.4. The minimum absolute atomic E-state index is 0.0798. The number of aromatic nitrogens is 2. The second kappa shape index (κ2) is 12.7. The number of carboxylic acid groups (broad SMARTS) is 1. The molecule has 0 spiro atoms. The SMILES string of the molecule is C1CCC(N2CCNCC2)CC1.Cn1c(CCc2ccc(C(N)=NO)cc2)nc2cc(C(=O)O)ccc21. The predicted octanol–water partition coefficient (Wildman–Crippen LogP) is 3.38. The number of carbonyl (C=O) groups is 1. The number of oxime groups is 1. The molecule has 5 rings (SSSR count). The summed E-state index contributed by atoms with van der Waals surface area (Å²) in [6, 6.07) is 13.4. The van der Waals surface area contributed by atoms with Crippen LogP contribution in [0.15, 0.2) is 47.6 Å². The van der Waals surface area contributed by atoms with E-state index in [0.29, 0.717) is 11.1 Å². The Morgan fingerprint density at radius 3 is 2.38 bits per heavy atom. The number of nitrogens with one attached hydrogen (secondary N) is 1. The highest BCUT2D eigenvalue weighted by Crippen LogP contribution is 2.22. The van der Waals surface area contributed by atoms with Gasteiger partial charge in [0.25, 0.3) is 0 Å². The average molecular weight is 507 g/mol. The van der Waals surface area contributed by atoms with Crippen LogP contribution in [0.1, 0.15) is 59.4 Å². The topological polar surface area (TPSA) is 129 Å². The van der Waals surface area contributed by atoms with E-state index in [0.717, 1.165) is 35.8 Å². The fraction of sp³-hybridized carbons (Fsp3) is 0.464. The maximum Gasteiger partial charge on any atom is 0.335 e. The average Bonchev–Trinajstić information content (AvgIpc) is 3.27. The zero-order chi connectivity index (χ0) is 26.2. The van der Waals surface area contributed by atoms with Gasteiger partial charge in [-0.25, -0.2) is 9.78 Å². The van der Waals surface area contributed by atoms with E-state index in [4.69, 9.17) is 16.0 Å². The fourth-order valence-electron chi connectivity index (χ4n) is 5.26. The van der Waals surface area contributed by atoms with E-state index in [1.165, 1.54) is 58.3 Å². The van der Waals surface area contributed by atoms with Gasteiger partial charge in [0.05, 0.1) is 16.6 Å². The number of imidazole rings is 1. The number of rotatable bonds is 6. The normalized spacial score (nSPS) is 17.4. The van der Waals surface area contributed by atoms with E-state index in [9.17, 15) is 4.79 Å². The number of fused-ring (bicyclic) bond motifs is 1. The molecule has 2 fully saturated rings. The Hall–Kier alpha value is -3.43. The van der Waals surface area contributed by atoms with Gasteiger partial charge in [-0.15, -0.1) is 0 Å². The molecule has 0 bridgehead atoms. The molecule has 1 aliphatic carbocycles. The monoisotopic (exact) mass is 506 g/mol. The smallest absolute Gasteiger partial charge is 0.335 e. The molecular weight excluding hydrogens is 468 g/mol. The van der Waals surface area contributed by atoms with Crippen LogP contribution in [0.5, 0.6) is 0 Å². The third kappa shape index (κ3) is 6.87. The van der Waals surface area contributed by atoms with Crippen molar-refractivity contribution in [1.82, 2.24) is 19.8 Å².